The Morgan fingerprint density at radius 2 is 2.14 bits per heavy atom. The van der Waals surface area contributed by atoms with Gasteiger partial charge < -0.3 is 15.3 Å². The molecule has 0 aromatic rings. The molecule has 1 aliphatic rings. The third kappa shape index (κ3) is 4.91. The molecule has 1 fully saturated rings. The minimum atomic E-state index is -0.219. The van der Waals surface area contributed by atoms with Crippen molar-refractivity contribution in [2.75, 3.05) is 53.4 Å². The van der Waals surface area contributed by atoms with Crippen LogP contribution in [0.5, 0.6) is 0 Å². The maximum absolute atomic E-state index is 9.76. The van der Waals surface area contributed by atoms with E-state index in [1.54, 1.807) is 0 Å². The minimum Gasteiger partial charge on any atom is -0.390 e. The number of hydrogen-bond donors (Lipinski definition) is 2. The zero-order chi connectivity index (χ0) is 10.4. The molecule has 4 nitrogen and oxygen atoms in total. The second-order valence-electron chi connectivity index (χ2n) is 4.32. The van der Waals surface area contributed by atoms with Crippen LogP contribution in [-0.4, -0.2) is 74.4 Å². The van der Waals surface area contributed by atoms with Crippen LogP contribution < -0.4 is 5.32 Å². The molecule has 1 saturated heterocycles. The topological polar surface area (TPSA) is 38.7 Å². The molecule has 1 atom stereocenters. The summed E-state index contributed by atoms with van der Waals surface area (Å²) < 4.78 is 0. The summed E-state index contributed by atoms with van der Waals surface area (Å²) in [5.41, 5.74) is 0. The summed E-state index contributed by atoms with van der Waals surface area (Å²) in [5, 5.41) is 13.1. The summed E-state index contributed by atoms with van der Waals surface area (Å²) in [4.78, 5) is 4.37. The molecule has 1 aliphatic heterocycles. The average Bonchev–Trinajstić information content (AvgIpc) is 2.31. The summed E-state index contributed by atoms with van der Waals surface area (Å²) in [6, 6.07) is 0. The molecule has 0 saturated carbocycles. The number of nitrogens with one attached hydrogen (secondary N) is 1. The highest BCUT2D eigenvalue weighted by atomic mass is 16.3. The molecule has 2 N–H and O–H groups in total. The van der Waals surface area contributed by atoms with E-state index in [9.17, 15) is 5.11 Å². The Labute approximate surface area is 86.9 Å². The van der Waals surface area contributed by atoms with Gasteiger partial charge in [-0.1, -0.05) is 0 Å². The van der Waals surface area contributed by atoms with Crippen molar-refractivity contribution in [3.05, 3.63) is 0 Å². The van der Waals surface area contributed by atoms with E-state index in [0.717, 1.165) is 39.3 Å². The molecule has 4 heteroatoms. The minimum absolute atomic E-state index is 0.219. The van der Waals surface area contributed by atoms with Crippen molar-refractivity contribution in [2.45, 2.75) is 12.5 Å². The fraction of sp³-hybridized carbons (Fsp3) is 1.00. The van der Waals surface area contributed by atoms with Crippen molar-refractivity contribution in [1.82, 2.24) is 15.1 Å². The van der Waals surface area contributed by atoms with Gasteiger partial charge in [-0.05, 0) is 33.6 Å². The van der Waals surface area contributed by atoms with E-state index in [4.69, 9.17) is 0 Å². The van der Waals surface area contributed by atoms with Gasteiger partial charge in [0.2, 0.25) is 0 Å². The summed E-state index contributed by atoms with van der Waals surface area (Å²) in [7, 11) is 3.99. The van der Waals surface area contributed by atoms with Crippen molar-refractivity contribution in [3.8, 4) is 0 Å². The van der Waals surface area contributed by atoms with Crippen LogP contribution >= 0.6 is 0 Å². The van der Waals surface area contributed by atoms with Gasteiger partial charge in [-0.3, -0.25) is 4.90 Å². The van der Waals surface area contributed by atoms with Crippen LogP contribution in [0.1, 0.15) is 6.42 Å². The smallest absolute Gasteiger partial charge is 0.0793 e. The van der Waals surface area contributed by atoms with E-state index in [2.05, 4.69) is 10.2 Å². The van der Waals surface area contributed by atoms with Crippen LogP contribution in [0.25, 0.3) is 0 Å². The number of hydrogen-bond acceptors (Lipinski definition) is 4. The summed E-state index contributed by atoms with van der Waals surface area (Å²) in [6.45, 7) is 5.89. The molecule has 0 radical (unpaired) electrons. The van der Waals surface area contributed by atoms with Gasteiger partial charge in [0.05, 0.1) is 6.10 Å². The van der Waals surface area contributed by atoms with Crippen LogP contribution in [0.2, 0.25) is 0 Å². The number of aliphatic hydroxyl groups is 1. The first-order valence-electron chi connectivity index (χ1n) is 5.44. The molecule has 14 heavy (non-hydrogen) atoms. The van der Waals surface area contributed by atoms with E-state index in [0.29, 0.717) is 0 Å². The van der Waals surface area contributed by atoms with Crippen molar-refractivity contribution >= 4 is 0 Å². The van der Waals surface area contributed by atoms with E-state index in [1.807, 2.05) is 19.0 Å². The van der Waals surface area contributed by atoms with Gasteiger partial charge in [-0.15, -0.1) is 0 Å². The number of nitrogens with zero attached hydrogens (tertiary/aromatic N) is 2. The molecule has 1 unspecified atom stereocenters. The fourth-order valence-electron chi connectivity index (χ4n) is 1.86. The fourth-order valence-corrected chi connectivity index (χ4v) is 1.86. The van der Waals surface area contributed by atoms with Crippen molar-refractivity contribution in [2.24, 2.45) is 0 Å². The van der Waals surface area contributed by atoms with E-state index >= 15 is 0 Å². The first-order chi connectivity index (χ1) is 6.68. The normalized spacial score (nSPS) is 22.3. The Kier molecular flexibility index (Phi) is 5.40. The van der Waals surface area contributed by atoms with Crippen molar-refractivity contribution < 1.29 is 5.11 Å². The molecule has 84 valence electrons. The molecular weight excluding hydrogens is 178 g/mol. The van der Waals surface area contributed by atoms with Crippen LogP contribution in [0, 0.1) is 0 Å². The Bertz CT molecular complexity index is 144. The molecule has 1 rings (SSSR count). The number of β-amino-alcohol motifs (C(OH)–C–C–N with tert-alkyl or cyclic N) is 1. The first kappa shape index (κ1) is 11.9. The predicted molar refractivity (Wildman–Crippen MR) is 58.5 cm³/mol. The van der Waals surface area contributed by atoms with E-state index in [1.165, 1.54) is 6.42 Å². The third-order valence-corrected chi connectivity index (χ3v) is 2.48. The van der Waals surface area contributed by atoms with Crippen LogP contribution in [0.4, 0.5) is 0 Å². The number of rotatable bonds is 4. The first-order valence-corrected chi connectivity index (χ1v) is 5.44. The Hall–Kier alpha value is -0.160. The predicted octanol–water partition coefficient (Wildman–Crippen LogP) is -0.796. The zero-order valence-electron chi connectivity index (χ0n) is 9.37. The number of aliphatic hydroxyl groups excluding tert-OH is 1. The van der Waals surface area contributed by atoms with Crippen LogP contribution in [-0.2, 0) is 0 Å². The van der Waals surface area contributed by atoms with Gasteiger partial charge in [-0.25, -0.2) is 0 Å². The lowest BCUT2D eigenvalue weighted by atomic mass is 10.3. The Balaban J connectivity index is 2.20. The quantitative estimate of drug-likeness (QED) is 0.625. The molecular formula is C10H23N3O. The van der Waals surface area contributed by atoms with Gasteiger partial charge in [0.15, 0.2) is 0 Å². The van der Waals surface area contributed by atoms with Crippen LogP contribution in [0.15, 0.2) is 0 Å². The lowest BCUT2D eigenvalue weighted by Gasteiger charge is -2.24. The molecule has 0 spiro atoms. The van der Waals surface area contributed by atoms with Gasteiger partial charge >= 0.3 is 0 Å². The van der Waals surface area contributed by atoms with Crippen molar-refractivity contribution in [1.29, 1.82) is 0 Å². The third-order valence-electron chi connectivity index (χ3n) is 2.48. The van der Waals surface area contributed by atoms with Crippen LogP contribution in [0.3, 0.4) is 0 Å². The molecule has 1 heterocycles. The second kappa shape index (κ2) is 6.35. The maximum Gasteiger partial charge on any atom is 0.0793 e. The van der Waals surface area contributed by atoms with E-state index < -0.39 is 0 Å². The summed E-state index contributed by atoms with van der Waals surface area (Å²) in [6.07, 6.45) is 0.970. The molecule has 0 bridgehead atoms. The molecule has 0 aliphatic carbocycles. The van der Waals surface area contributed by atoms with E-state index in [-0.39, 0.29) is 6.10 Å². The number of likely N-dealkylation sites (N-methyl/N-ethyl adjacent to an activating group) is 1. The molecule has 0 aromatic heterocycles. The van der Waals surface area contributed by atoms with Gasteiger partial charge in [-0.2, -0.15) is 0 Å². The lowest BCUT2D eigenvalue weighted by molar-refractivity contribution is 0.0913. The highest BCUT2D eigenvalue weighted by Crippen LogP contribution is 1.98. The molecule has 0 amide bonds. The SMILES string of the molecule is CN(C)CC(O)CN1CCCNCC1. The Morgan fingerprint density at radius 1 is 1.36 bits per heavy atom. The monoisotopic (exact) mass is 201 g/mol. The second-order valence-corrected chi connectivity index (χ2v) is 4.32. The van der Waals surface area contributed by atoms with Crippen molar-refractivity contribution in [3.63, 3.8) is 0 Å². The highest BCUT2D eigenvalue weighted by Gasteiger charge is 2.13. The maximum atomic E-state index is 9.76. The lowest BCUT2D eigenvalue weighted by Crippen LogP contribution is -2.39. The van der Waals surface area contributed by atoms with Gasteiger partial charge in [0.25, 0.3) is 0 Å². The largest absolute Gasteiger partial charge is 0.390 e. The highest BCUT2D eigenvalue weighted by molar-refractivity contribution is 4.70. The van der Waals surface area contributed by atoms with Gasteiger partial charge in [0.1, 0.15) is 0 Å². The molecule has 0 aromatic carbocycles. The summed E-state index contributed by atoms with van der Waals surface area (Å²) in [5.74, 6) is 0. The van der Waals surface area contributed by atoms with Gasteiger partial charge in [0, 0.05) is 26.2 Å². The standard InChI is InChI=1S/C10H23N3O/c1-12(2)8-10(14)9-13-6-3-4-11-5-7-13/h10-11,14H,3-9H2,1-2H3. The summed E-state index contributed by atoms with van der Waals surface area (Å²) >= 11 is 0. The zero-order valence-corrected chi connectivity index (χ0v) is 9.37. The average molecular weight is 201 g/mol. The Morgan fingerprint density at radius 3 is 2.86 bits per heavy atom.